The Kier molecular flexibility index (Phi) is 5.15. The molecule has 0 aliphatic heterocycles. The Morgan fingerprint density at radius 2 is 2.22 bits per heavy atom. The zero-order valence-electron chi connectivity index (χ0n) is 11.7. The number of halogens is 1. The third-order valence-electron chi connectivity index (χ3n) is 2.90. The second kappa shape index (κ2) is 6.91. The number of nitrogens with two attached hydrogens (primary N) is 1. The van der Waals surface area contributed by atoms with Gasteiger partial charge in [-0.1, -0.05) is 22.0 Å². The Labute approximate surface area is 141 Å². The minimum atomic E-state index is -3.72. The Balaban J connectivity index is 2.00. The van der Waals surface area contributed by atoms with Crippen molar-refractivity contribution in [1.82, 2.24) is 14.5 Å². The van der Waals surface area contributed by atoms with E-state index in [-0.39, 0.29) is 29.2 Å². The highest BCUT2D eigenvalue weighted by Gasteiger charge is 2.17. The maximum absolute atomic E-state index is 12.1. The fourth-order valence-electron chi connectivity index (χ4n) is 1.76. The van der Waals surface area contributed by atoms with Crippen molar-refractivity contribution >= 4 is 37.7 Å². The Morgan fingerprint density at radius 3 is 2.83 bits per heavy atom. The lowest BCUT2D eigenvalue weighted by Crippen LogP contribution is -2.28. The Bertz CT molecular complexity index is 885. The van der Waals surface area contributed by atoms with Crippen LogP contribution in [0.5, 0.6) is 0 Å². The minimum absolute atomic E-state index is 0.0626. The molecule has 0 bridgehead atoms. The zero-order chi connectivity index (χ0) is 17.0. The van der Waals surface area contributed by atoms with Crippen LogP contribution in [-0.4, -0.2) is 30.7 Å². The molecule has 10 heteroatoms. The van der Waals surface area contributed by atoms with Crippen LogP contribution in [0.3, 0.4) is 0 Å². The lowest BCUT2D eigenvalue weighted by Gasteiger charge is -2.07. The molecule has 0 saturated heterocycles. The van der Waals surface area contributed by atoms with Crippen LogP contribution in [-0.2, 0) is 10.0 Å². The molecule has 0 saturated carbocycles. The number of benzene rings is 1. The van der Waals surface area contributed by atoms with Crippen molar-refractivity contribution in [3.05, 3.63) is 40.5 Å². The van der Waals surface area contributed by atoms with Crippen LogP contribution in [0.25, 0.3) is 0 Å². The topological polar surface area (TPSA) is 131 Å². The highest BCUT2D eigenvalue weighted by molar-refractivity contribution is 9.10. The van der Waals surface area contributed by atoms with E-state index in [1.54, 1.807) is 18.2 Å². The third kappa shape index (κ3) is 3.95. The summed E-state index contributed by atoms with van der Waals surface area (Å²) in [7, 11) is -3.72. The highest BCUT2D eigenvalue weighted by Crippen LogP contribution is 2.16. The van der Waals surface area contributed by atoms with E-state index in [9.17, 15) is 13.2 Å². The molecule has 0 unspecified atom stereocenters. The average Bonchev–Trinajstić information content (AvgIpc) is 2.88. The zero-order valence-corrected chi connectivity index (χ0v) is 14.1. The van der Waals surface area contributed by atoms with Gasteiger partial charge in [-0.05, 0) is 18.2 Å². The first-order valence-electron chi connectivity index (χ1n) is 6.37. The van der Waals surface area contributed by atoms with Crippen LogP contribution in [0.15, 0.2) is 39.8 Å². The van der Waals surface area contributed by atoms with E-state index in [0.717, 1.165) is 4.68 Å². The monoisotopic (exact) mass is 397 g/mol. The number of nitrogens with zero attached hydrogens (tertiary/aromatic N) is 3. The average molecular weight is 398 g/mol. The van der Waals surface area contributed by atoms with Gasteiger partial charge in [0.1, 0.15) is 17.5 Å². The molecule has 0 spiro atoms. The van der Waals surface area contributed by atoms with Gasteiger partial charge in [0.25, 0.3) is 0 Å². The first kappa shape index (κ1) is 17.1. The molecule has 0 aliphatic rings. The van der Waals surface area contributed by atoms with Gasteiger partial charge >= 0.3 is 0 Å². The SMILES string of the molecule is N#Cc1cnn(C(=O)CCNS(=O)(=O)c2cccc(Br)c2)c1N. The summed E-state index contributed by atoms with van der Waals surface area (Å²) < 4.78 is 28.0. The van der Waals surface area contributed by atoms with E-state index in [0.29, 0.717) is 4.47 Å². The van der Waals surface area contributed by atoms with Crippen molar-refractivity contribution in [2.75, 3.05) is 12.3 Å². The molecule has 2 aromatic rings. The molecule has 1 heterocycles. The molecule has 0 radical (unpaired) electrons. The van der Waals surface area contributed by atoms with Gasteiger partial charge in [-0.15, -0.1) is 0 Å². The van der Waals surface area contributed by atoms with E-state index >= 15 is 0 Å². The smallest absolute Gasteiger partial charge is 0.250 e. The summed E-state index contributed by atoms with van der Waals surface area (Å²) >= 11 is 3.20. The number of sulfonamides is 1. The van der Waals surface area contributed by atoms with E-state index in [2.05, 4.69) is 25.8 Å². The van der Waals surface area contributed by atoms with Crippen molar-refractivity contribution in [2.24, 2.45) is 0 Å². The van der Waals surface area contributed by atoms with Gasteiger partial charge in [0.2, 0.25) is 15.9 Å². The predicted molar refractivity (Wildman–Crippen MR) is 85.9 cm³/mol. The summed E-state index contributed by atoms with van der Waals surface area (Å²) in [6, 6.07) is 8.00. The number of nitrogens with one attached hydrogen (secondary N) is 1. The van der Waals surface area contributed by atoms with E-state index in [1.165, 1.54) is 18.3 Å². The van der Waals surface area contributed by atoms with Crippen molar-refractivity contribution in [2.45, 2.75) is 11.3 Å². The fourth-order valence-corrected chi connectivity index (χ4v) is 3.39. The fraction of sp³-hybridized carbons (Fsp3) is 0.154. The highest BCUT2D eigenvalue weighted by atomic mass is 79.9. The van der Waals surface area contributed by atoms with Gasteiger partial charge < -0.3 is 5.73 Å². The van der Waals surface area contributed by atoms with Gasteiger partial charge in [-0.3, -0.25) is 4.79 Å². The lowest BCUT2D eigenvalue weighted by atomic mass is 10.3. The second-order valence-electron chi connectivity index (χ2n) is 4.47. The molecule has 2 rings (SSSR count). The van der Waals surface area contributed by atoms with Crippen LogP contribution < -0.4 is 10.5 Å². The first-order valence-corrected chi connectivity index (χ1v) is 8.65. The van der Waals surface area contributed by atoms with E-state index < -0.39 is 15.9 Å². The largest absolute Gasteiger partial charge is 0.382 e. The van der Waals surface area contributed by atoms with Crippen LogP contribution in [0.2, 0.25) is 0 Å². The van der Waals surface area contributed by atoms with Crippen LogP contribution in [0.1, 0.15) is 16.8 Å². The van der Waals surface area contributed by atoms with Gasteiger partial charge in [0.15, 0.2) is 0 Å². The summed E-state index contributed by atoms with van der Waals surface area (Å²) in [5.74, 6) is -0.576. The molecular formula is C13H12BrN5O3S. The number of hydrogen-bond donors (Lipinski definition) is 2. The molecule has 0 aliphatic carbocycles. The van der Waals surface area contributed by atoms with Gasteiger partial charge in [-0.25, -0.2) is 13.1 Å². The number of rotatable bonds is 5. The summed E-state index contributed by atoms with van der Waals surface area (Å²) in [6.07, 6.45) is 1.03. The van der Waals surface area contributed by atoms with E-state index in [1.807, 2.05) is 0 Å². The van der Waals surface area contributed by atoms with Crippen molar-refractivity contribution in [1.29, 1.82) is 5.26 Å². The molecule has 1 aromatic carbocycles. The van der Waals surface area contributed by atoms with Crippen molar-refractivity contribution in [3.63, 3.8) is 0 Å². The number of aromatic nitrogens is 2. The third-order valence-corrected chi connectivity index (χ3v) is 4.85. The summed E-state index contributed by atoms with van der Waals surface area (Å²) in [5, 5.41) is 12.5. The molecular weight excluding hydrogens is 386 g/mol. The molecule has 0 amide bonds. The number of nitrogen functional groups attached to an aromatic ring is 1. The van der Waals surface area contributed by atoms with Crippen LogP contribution >= 0.6 is 15.9 Å². The second-order valence-corrected chi connectivity index (χ2v) is 7.15. The van der Waals surface area contributed by atoms with Crippen molar-refractivity contribution in [3.8, 4) is 6.07 Å². The molecule has 0 fully saturated rings. The number of anilines is 1. The maximum atomic E-state index is 12.1. The molecule has 3 N–H and O–H groups in total. The minimum Gasteiger partial charge on any atom is -0.382 e. The molecule has 23 heavy (non-hydrogen) atoms. The van der Waals surface area contributed by atoms with Gasteiger partial charge in [0, 0.05) is 17.4 Å². The number of nitriles is 1. The summed E-state index contributed by atoms with van der Waals surface area (Å²) in [6.45, 7) is -0.116. The molecule has 120 valence electrons. The van der Waals surface area contributed by atoms with Crippen molar-refractivity contribution < 1.29 is 13.2 Å². The van der Waals surface area contributed by atoms with Crippen LogP contribution in [0, 0.1) is 11.3 Å². The summed E-state index contributed by atoms with van der Waals surface area (Å²) in [4.78, 5) is 12.0. The Hall–Kier alpha value is -2.22. The number of hydrogen-bond acceptors (Lipinski definition) is 6. The number of carbonyl (C=O) groups excluding carboxylic acids is 1. The predicted octanol–water partition coefficient (Wildman–Crippen LogP) is 1.11. The quantitative estimate of drug-likeness (QED) is 0.776. The lowest BCUT2D eigenvalue weighted by molar-refractivity contribution is 0.0892. The molecule has 0 atom stereocenters. The molecule has 8 nitrogen and oxygen atoms in total. The first-order chi connectivity index (χ1) is 10.8. The van der Waals surface area contributed by atoms with E-state index in [4.69, 9.17) is 11.0 Å². The van der Waals surface area contributed by atoms with Gasteiger partial charge in [0.05, 0.1) is 11.1 Å². The maximum Gasteiger partial charge on any atom is 0.250 e. The summed E-state index contributed by atoms with van der Waals surface area (Å²) in [5.41, 5.74) is 5.68. The molecule has 1 aromatic heterocycles. The Morgan fingerprint density at radius 1 is 1.48 bits per heavy atom. The van der Waals surface area contributed by atoms with Crippen LogP contribution in [0.4, 0.5) is 5.82 Å². The standard InChI is InChI=1S/C13H12BrN5O3S/c14-10-2-1-3-11(6-10)23(21,22)18-5-4-12(20)19-13(16)9(7-15)8-17-19/h1-3,6,8,18H,4-5,16H2. The van der Waals surface area contributed by atoms with Gasteiger partial charge in [-0.2, -0.15) is 15.0 Å². The number of carbonyl (C=O) groups is 1. The normalized spacial score (nSPS) is 11.1.